The largest absolute Gasteiger partial charge is 0.399 e. The molecule has 1 fully saturated rings. The summed E-state index contributed by atoms with van der Waals surface area (Å²) in [4.78, 5) is 29.6. The van der Waals surface area contributed by atoms with Gasteiger partial charge in [-0.2, -0.15) is 0 Å². The zero-order valence-electron chi connectivity index (χ0n) is 26.2. The Morgan fingerprint density at radius 1 is 1.13 bits per heavy atom. The Balaban J connectivity index is 1.38. The van der Waals surface area contributed by atoms with E-state index in [1.54, 1.807) is 65.3 Å². The molecule has 3 heterocycles. The zero-order chi connectivity index (χ0) is 32.6. The number of rotatable bonds is 10. The van der Waals surface area contributed by atoms with Crippen molar-refractivity contribution in [2.24, 2.45) is 5.92 Å². The third-order valence-electron chi connectivity index (χ3n) is 9.17. The number of aromatic nitrogens is 3. The second kappa shape index (κ2) is 12.4. The lowest BCUT2D eigenvalue weighted by Gasteiger charge is -2.31. The summed E-state index contributed by atoms with van der Waals surface area (Å²) in [5, 5.41) is 20.5. The Kier molecular flexibility index (Phi) is 8.53. The molecule has 1 spiro atoms. The van der Waals surface area contributed by atoms with Crippen LogP contribution in [0.3, 0.4) is 0 Å². The number of nitrogens with zero attached hydrogens (tertiary/aromatic N) is 4. The van der Waals surface area contributed by atoms with Gasteiger partial charge in [0, 0.05) is 59.7 Å². The van der Waals surface area contributed by atoms with Gasteiger partial charge in [-0.25, -0.2) is 0 Å². The van der Waals surface area contributed by atoms with E-state index in [1.165, 1.54) is 0 Å². The van der Waals surface area contributed by atoms with Gasteiger partial charge in [0.05, 0.1) is 24.0 Å². The molecule has 240 valence electrons. The van der Waals surface area contributed by atoms with Crippen LogP contribution in [0.5, 0.6) is 0 Å². The number of nitrogens with two attached hydrogens (primary N) is 1. The van der Waals surface area contributed by atoms with Crippen molar-refractivity contribution in [2.45, 2.75) is 63.2 Å². The van der Waals surface area contributed by atoms with Crippen molar-refractivity contribution in [1.29, 1.82) is 0 Å². The number of anilines is 3. The topological polar surface area (TPSA) is 136 Å². The maximum absolute atomic E-state index is 16.3. The Hall–Kier alpha value is -4.39. The Morgan fingerprint density at radius 2 is 1.87 bits per heavy atom. The van der Waals surface area contributed by atoms with Crippen molar-refractivity contribution in [2.75, 3.05) is 22.6 Å². The molecule has 6 rings (SSSR count). The maximum Gasteiger partial charge on any atom is 0.264 e. The van der Waals surface area contributed by atoms with Crippen LogP contribution in [0.25, 0.3) is 0 Å². The molecule has 0 aliphatic carbocycles. The van der Waals surface area contributed by atoms with E-state index in [-0.39, 0.29) is 18.4 Å². The lowest BCUT2D eigenvalue weighted by atomic mass is 9.82. The van der Waals surface area contributed by atoms with Crippen LogP contribution in [0.15, 0.2) is 79.0 Å². The van der Waals surface area contributed by atoms with Crippen molar-refractivity contribution in [3.63, 3.8) is 0 Å². The highest BCUT2D eigenvalue weighted by Crippen LogP contribution is 2.60. The quantitative estimate of drug-likeness (QED) is 0.125. The predicted octanol–water partition coefficient (Wildman–Crippen LogP) is 5.06. The molecule has 2 amide bonds. The second-order valence-corrected chi connectivity index (χ2v) is 16.5. The molecular formula is C34H39FN6O4Si. The fourth-order valence-corrected chi connectivity index (χ4v) is 9.63. The van der Waals surface area contributed by atoms with Gasteiger partial charge >= 0.3 is 0 Å². The van der Waals surface area contributed by atoms with E-state index in [4.69, 9.17) is 10.5 Å². The first-order chi connectivity index (χ1) is 22.0. The summed E-state index contributed by atoms with van der Waals surface area (Å²) in [6.07, 6.45) is 2.03. The molecule has 4 aromatic rings. The Bertz CT molecular complexity index is 1730. The van der Waals surface area contributed by atoms with Gasteiger partial charge in [0.1, 0.15) is 0 Å². The number of aliphatic hydroxyl groups is 1. The van der Waals surface area contributed by atoms with E-state index < -0.39 is 31.6 Å². The summed E-state index contributed by atoms with van der Waals surface area (Å²) in [7, 11) is -3.38. The monoisotopic (exact) mass is 642 g/mol. The first kappa shape index (κ1) is 31.6. The smallest absolute Gasteiger partial charge is 0.264 e. The van der Waals surface area contributed by atoms with E-state index in [0.717, 1.165) is 5.56 Å². The zero-order valence-corrected chi connectivity index (χ0v) is 27.2. The molecule has 0 unspecified atom stereocenters. The number of aliphatic hydroxyl groups excluding tert-OH is 1. The fourth-order valence-electron chi connectivity index (χ4n) is 7.09. The van der Waals surface area contributed by atoms with Crippen LogP contribution in [-0.4, -0.2) is 53.0 Å². The predicted molar refractivity (Wildman–Crippen MR) is 176 cm³/mol. The van der Waals surface area contributed by atoms with Gasteiger partial charge in [-0.15, -0.1) is 5.10 Å². The van der Waals surface area contributed by atoms with Crippen LogP contribution in [0.4, 0.5) is 21.2 Å². The third kappa shape index (κ3) is 5.83. The first-order valence-corrected chi connectivity index (χ1v) is 18.5. The number of hydrogen-bond acceptors (Lipinski definition) is 7. The number of ether oxygens (including phenoxy) is 1. The minimum Gasteiger partial charge on any atom is -0.399 e. The molecule has 2 aliphatic rings. The molecule has 1 saturated heterocycles. The average molecular weight is 643 g/mol. The summed E-state index contributed by atoms with van der Waals surface area (Å²) < 4.78 is 24.8. The molecule has 0 bridgehead atoms. The number of aryl methyl sites for hydroxylation is 1. The van der Waals surface area contributed by atoms with Crippen LogP contribution >= 0.6 is 0 Å². The van der Waals surface area contributed by atoms with Gasteiger partial charge in [0.25, 0.3) is 11.8 Å². The number of carbonyl (C=O) groups is 2. The number of halogens is 1. The maximum atomic E-state index is 16.3. The lowest BCUT2D eigenvalue weighted by molar-refractivity contribution is -0.146. The number of carbonyl (C=O) groups excluding carboxylic acids is 2. The van der Waals surface area contributed by atoms with Crippen LogP contribution < -0.4 is 16.0 Å². The number of fused-ring (bicyclic) bond motifs is 2. The second-order valence-electron chi connectivity index (χ2n) is 12.7. The van der Waals surface area contributed by atoms with Crippen molar-refractivity contribution < 1.29 is 23.5 Å². The Morgan fingerprint density at radius 3 is 2.57 bits per heavy atom. The summed E-state index contributed by atoms with van der Waals surface area (Å²) in [5.74, 6) is -1.04. The molecule has 2 aliphatic heterocycles. The highest BCUT2D eigenvalue weighted by molar-refractivity contribution is 6.72. The molecule has 46 heavy (non-hydrogen) atoms. The molecule has 10 nitrogen and oxygen atoms in total. The standard InChI is InChI=1S/C34H39FN6O4Si/c1-22-31(46(2,3)35)30(15-17-40-21-27(16-18-42)38-39-40)45-34(22)28-19-26(37-32(43)24-9-11-25(36)12-10-24)13-14-29(28)41(33(34)44)20-23-7-5-4-6-8-23/h4-14,19,21-22,30-31,42H,15-18,20,36H2,1-3H3,(H,37,43)/t22-,30+,31-,34+/m1/s1. The van der Waals surface area contributed by atoms with E-state index in [2.05, 4.69) is 15.6 Å². The number of nitrogen functional groups attached to an aromatic ring is 1. The molecule has 3 aromatic carbocycles. The number of nitrogens with one attached hydrogen (secondary N) is 1. The van der Waals surface area contributed by atoms with E-state index >= 15 is 4.11 Å². The van der Waals surface area contributed by atoms with Crippen molar-refractivity contribution in [3.8, 4) is 0 Å². The van der Waals surface area contributed by atoms with Crippen molar-refractivity contribution in [1.82, 2.24) is 15.0 Å². The number of amides is 2. The van der Waals surface area contributed by atoms with Crippen molar-refractivity contribution in [3.05, 3.63) is 101 Å². The summed E-state index contributed by atoms with van der Waals surface area (Å²) in [5.41, 5.74) is 8.27. The van der Waals surface area contributed by atoms with Crippen molar-refractivity contribution >= 4 is 37.3 Å². The Labute approximate surface area is 268 Å². The van der Waals surface area contributed by atoms with Crippen LogP contribution in [0.2, 0.25) is 18.6 Å². The molecule has 1 aromatic heterocycles. The fraction of sp³-hybridized carbons (Fsp3) is 0.353. The minimum atomic E-state index is -3.38. The van der Waals surface area contributed by atoms with Crippen LogP contribution in [0.1, 0.15) is 40.5 Å². The van der Waals surface area contributed by atoms with E-state index in [1.807, 2.05) is 43.3 Å². The normalized spacial score (nSPS) is 22.4. The van der Waals surface area contributed by atoms with Crippen LogP contribution in [-0.2, 0) is 34.6 Å². The molecular weight excluding hydrogens is 603 g/mol. The summed E-state index contributed by atoms with van der Waals surface area (Å²) in [6.45, 7) is 5.96. The molecule has 0 saturated carbocycles. The minimum absolute atomic E-state index is 0.0302. The van der Waals surface area contributed by atoms with Gasteiger partial charge in [-0.3, -0.25) is 14.3 Å². The summed E-state index contributed by atoms with van der Waals surface area (Å²) >= 11 is 0. The molecule has 12 heteroatoms. The summed E-state index contributed by atoms with van der Waals surface area (Å²) in [6, 6.07) is 21.7. The highest BCUT2D eigenvalue weighted by atomic mass is 28.4. The highest BCUT2D eigenvalue weighted by Gasteiger charge is 2.66. The van der Waals surface area contributed by atoms with E-state index in [0.29, 0.717) is 59.8 Å². The SMILES string of the molecule is C[C@@H]1[C@@H]([Si](C)(C)F)[C@H](CCn2cc(CCO)nn2)O[C@@]12C(=O)N(Cc1ccccc1)c1ccc(NC(=O)c3ccc(N)cc3)cc12. The van der Waals surface area contributed by atoms with Gasteiger partial charge in [0.15, 0.2) is 5.60 Å². The number of benzene rings is 3. The average Bonchev–Trinajstić information content (AvgIpc) is 3.67. The molecule has 0 radical (unpaired) electrons. The molecule has 4 N–H and O–H groups in total. The third-order valence-corrected chi connectivity index (χ3v) is 11.6. The van der Waals surface area contributed by atoms with Gasteiger partial charge in [-0.05, 0) is 67.5 Å². The van der Waals surface area contributed by atoms with Gasteiger partial charge in [0.2, 0.25) is 8.41 Å². The lowest BCUT2D eigenvalue weighted by Crippen LogP contribution is -2.45. The first-order valence-electron chi connectivity index (χ1n) is 15.5. The van der Waals surface area contributed by atoms with Crippen LogP contribution in [0, 0.1) is 5.92 Å². The van der Waals surface area contributed by atoms with E-state index in [9.17, 15) is 14.7 Å². The molecule has 4 atom stereocenters. The number of hydrogen-bond donors (Lipinski definition) is 3. The van der Waals surface area contributed by atoms with Gasteiger partial charge in [-0.1, -0.05) is 42.5 Å². The van der Waals surface area contributed by atoms with Gasteiger partial charge < -0.3 is 29.9 Å².